The molecule has 2 atom stereocenters. The third-order valence-electron chi connectivity index (χ3n) is 4.95. The van der Waals surface area contributed by atoms with Crippen LogP contribution in [-0.2, 0) is 19.1 Å². The minimum absolute atomic E-state index is 0. The van der Waals surface area contributed by atoms with Gasteiger partial charge in [-0.05, 0) is 31.5 Å². The van der Waals surface area contributed by atoms with E-state index >= 15 is 0 Å². The van der Waals surface area contributed by atoms with E-state index in [0.717, 1.165) is 0 Å². The zero-order valence-corrected chi connectivity index (χ0v) is 20.7. The van der Waals surface area contributed by atoms with Crippen LogP contribution in [0.15, 0.2) is 57.7 Å². The predicted octanol–water partition coefficient (Wildman–Crippen LogP) is -0.509. The molecule has 0 aliphatic heterocycles. The average molecular weight is 460 g/mol. The van der Waals surface area contributed by atoms with Crippen molar-refractivity contribution in [3.8, 4) is 11.7 Å². The summed E-state index contributed by atoms with van der Waals surface area (Å²) in [6.07, 6.45) is -1.56. The molecule has 0 aliphatic rings. The molecule has 2 unspecified atom stereocenters. The summed E-state index contributed by atoms with van der Waals surface area (Å²) < 4.78 is 15.5. The Morgan fingerprint density at radius 2 is 1.70 bits per heavy atom. The molecule has 33 heavy (non-hydrogen) atoms. The number of rotatable bonds is 8. The van der Waals surface area contributed by atoms with E-state index in [1.54, 1.807) is 30.3 Å². The molecule has 0 N–H and O–H groups in total. The summed E-state index contributed by atoms with van der Waals surface area (Å²) in [5, 5.41) is 12.6. The average Bonchev–Trinajstić information content (AvgIpc) is 2.73. The number of hydrogen-bond donors (Lipinski definition) is 0. The van der Waals surface area contributed by atoms with Crippen LogP contribution in [-0.4, -0.2) is 30.7 Å². The van der Waals surface area contributed by atoms with E-state index in [-0.39, 0.29) is 64.0 Å². The fourth-order valence-corrected chi connectivity index (χ4v) is 3.54. The van der Waals surface area contributed by atoms with Crippen molar-refractivity contribution >= 4 is 28.5 Å². The fraction of sp³-hybridized carbons (Fsp3) is 0.250. The van der Waals surface area contributed by atoms with Crippen LogP contribution in [0.4, 0.5) is 0 Å². The second kappa shape index (κ2) is 11.4. The van der Waals surface area contributed by atoms with Gasteiger partial charge in [0, 0.05) is 30.6 Å². The minimum atomic E-state index is -1.47. The molecule has 0 saturated heterocycles. The van der Waals surface area contributed by atoms with Crippen LogP contribution < -0.4 is 44.8 Å². The van der Waals surface area contributed by atoms with Crippen LogP contribution in [0.1, 0.15) is 37.3 Å². The molecule has 1 aromatic heterocycles. The van der Waals surface area contributed by atoms with Crippen molar-refractivity contribution in [1.82, 2.24) is 0 Å². The quantitative estimate of drug-likeness (QED) is 0.191. The second-order valence-corrected chi connectivity index (χ2v) is 7.28. The SMILES string of the molecule is COC(C(C)=O)C(=O)Oc1cccc2oc([O-])c(C(CC(C)=O)c3ccccc3)c(=O)c12.[Na+]. The van der Waals surface area contributed by atoms with Crippen molar-refractivity contribution in [2.45, 2.75) is 32.3 Å². The molecule has 0 saturated carbocycles. The Morgan fingerprint density at radius 3 is 2.27 bits per heavy atom. The molecular weight excluding hydrogens is 439 g/mol. The fourth-order valence-electron chi connectivity index (χ4n) is 3.54. The molecule has 0 bridgehead atoms. The number of benzene rings is 2. The summed E-state index contributed by atoms with van der Waals surface area (Å²) >= 11 is 0. The first-order chi connectivity index (χ1) is 15.2. The summed E-state index contributed by atoms with van der Waals surface area (Å²) in [4.78, 5) is 49.4. The number of Topliss-reactive ketones (excluding diaryl/α,β-unsaturated/α-hetero) is 2. The molecule has 8 nitrogen and oxygen atoms in total. The second-order valence-electron chi connectivity index (χ2n) is 7.28. The first kappa shape index (κ1) is 26.5. The van der Waals surface area contributed by atoms with Gasteiger partial charge in [0.1, 0.15) is 11.5 Å². The van der Waals surface area contributed by atoms with Gasteiger partial charge in [-0.25, -0.2) is 4.79 Å². The molecule has 0 spiro atoms. The van der Waals surface area contributed by atoms with Gasteiger partial charge < -0.3 is 19.0 Å². The van der Waals surface area contributed by atoms with E-state index in [4.69, 9.17) is 13.9 Å². The standard InChI is InChI=1S/C24H22O8.Na/c1-13(25)12-16(15-8-5-4-6-9-15)19-21(27)20-17(31-23(19)28)10-7-11-18(20)32-24(29)22(30-3)14(2)26;/h4-11,16,22,28H,12H2,1-3H3;/q;+1/p-1. The first-order valence-corrected chi connectivity index (χ1v) is 9.80. The van der Waals surface area contributed by atoms with Crippen LogP contribution in [0, 0.1) is 0 Å². The van der Waals surface area contributed by atoms with Crippen LogP contribution in [0.3, 0.4) is 0 Å². The van der Waals surface area contributed by atoms with Gasteiger partial charge in [0.2, 0.25) is 6.10 Å². The van der Waals surface area contributed by atoms with Gasteiger partial charge in [-0.2, -0.15) is 0 Å². The van der Waals surface area contributed by atoms with Crippen LogP contribution in [0.5, 0.6) is 11.7 Å². The maximum Gasteiger partial charge on any atom is 1.00 e. The molecule has 0 amide bonds. The zero-order chi connectivity index (χ0) is 23.4. The number of methoxy groups -OCH3 is 1. The maximum absolute atomic E-state index is 13.5. The van der Waals surface area contributed by atoms with Crippen molar-refractivity contribution in [2.75, 3.05) is 7.11 Å². The van der Waals surface area contributed by atoms with Crippen LogP contribution >= 0.6 is 0 Å². The minimum Gasteiger partial charge on any atom is -0.578 e. The Labute approximate surface area is 211 Å². The van der Waals surface area contributed by atoms with E-state index in [1.165, 1.54) is 39.2 Å². The number of esters is 1. The predicted molar refractivity (Wildman–Crippen MR) is 113 cm³/mol. The topological polar surface area (TPSA) is 123 Å². The van der Waals surface area contributed by atoms with Crippen molar-refractivity contribution in [2.24, 2.45) is 0 Å². The number of carbonyl (C=O) groups excluding carboxylic acids is 3. The molecule has 1 heterocycles. The maximum atomic E-state index is 13.5. The Bertz CT molecular complexity index is 1230. The molecule has 2 aromatic carbocycles. The molecule has 9 heteroatoms. The third-order valence-corrected chi connectivity index (χ3v) is 4.95. The van der Waals surface area contributed by atoms with Gasteiger partial charge in [0.05, 0.1) is 11.3 Å². The molecule has 0 radical (unpaired) electrons. The van der Waals surface area contributed by atoms with Gasteiger partial charge in [0.25, 0.3) is 0 Å². The summed E-state index contributed by atoms with van der Waals surface area (Å²) in [7, 11) is 1.18. The van der Waals surface area contributed by atoms with E-state index < -0.39 is 35.1 Å². The number of carbonyl (C=O) groups is 3. The monoisotopic (exact) mass is 460 g/mol. The third kappa shape index (κ3) is 5.78. The molecule has 0 aliphatic carbocycles. The van der Waals surface area contributed by atoms with Gasteiger partial charge in [-0.15, -0.1) is 0 Å². The molecule has 166 valence electrons. The first-order valence-electron chi connectivity index (χ1n) is 9.80. The van der Waals surface area contributed by atoms with Gasteiger partial charge in [-0.1, -0.05) is 36.4 Å². The Balaban J connectivity index is 0.00000385. The zero-order valence-electron chi connectivity index (χ0n) is 18.7. The van der Waals surface area contributed by atoms with E-state index in [1.807, 2.05) is 0 Å². The number of ether oxygens (including phenoxy) is 2. The Morgan fingerprint density at radius 1 is 1.03 bits per heavy atom. The largest absolute Gasteiger partial charge is 1.00 e. The van der Waals surface area contributed by atoms with Crippen molar-refractivity contribution in [3.63, 3.8) is 0 Å². The van der Waals surface area contributed by atoms with Gasteiger partial charge in [0.15, 0.2) is 11.2 Å². The summed E-state index contributed by atoms with van der Waals surface area (Å²) in [5.74, 6) is -3.70. The summed E-state index contributed by atoms with van der Waals surface area (Å²) in [6.45, 7) is 2.53. The van der Waals surface area contributed by atoms with Crippen molar-refractivity contribution < 1.29 is 62.9 Å². The van der Waals surface area contributed by atoms with E-state index in [9.17, 15) is 24.3 Å². The molecule has 3 aromatic rings. The molecule has 0 fully saturated rings. The van der Waals surface area contributed by atoms with E-state index in [2.05, 4.69) is 0 Å². The summed E-state index contributed by atoms with van der Waals surface area (Å²) in [6, 6.07) is 12.8. The summed E-state index contributed by atoms with van der Waals surface area (Å²) in [5.41, 5.74) is -0.443. The van der Waals surface area contributed by atoms with Crippen molar-refractivity contribution in [3.05, 3.63) is 69.9 Å². The Hall–Kier alpha value is -2.78. The smallest absolute Gasteiger partial charge is 0.578 e. The van der Waals surface area contributed by atoms with Crippen LogP contribution in [0.2, 0.25) is 0 Å². The number of hydrogen-bond acceptors (Lipinski definition) is 8. The van der Waals surface area contributed by atoms with Crippen molar-refractivity contribution in [1.29, 1.82) is 0 Å². The van der Waals surface area contributed by atoms with Gasteiger partial charge in [-0.3, -0.25) is 14.4 Å². The van der Waals surface area contributed by atoms with E-state index in [0.29, 0.717) is 5.56 Å². The molecule has 3 rings (SSSR count). The molecular formula is C24H21NaO8. The van der Waals surface area contributed by atoms with Gasteiger partial charge >= 0.3 is 35.5 Å². The van der Waals surface area contributed by atoms with Crippen LogP contribution in [0.25, 0.3) is 11.0 Å². The normalized spacial score (nSPS) is 12.5. The Kier molecular flexibility index (Phi) is 9.13. The number of ketones is 2. The number of fused-ring (bicyclic) bond motifs is 1.